The summed E-state index contributed by atoms with van der Waals surface area (Å²) < 4.78 is 18.1. The third-order valence-corrected chi connectivity index (χ3v) is 4.53. The number of thioether (sulfide) groups is 1. The lowest BCUT2D eigenvalue weighted by atomic mass is 10.2. The summed E-state index contributed by atoms with van der Waals surface area (Å²) in [6.07, 6.45) is 1.62. The molecule has 0 atom stereocenters. The zero-order valence-corrected chi connectivity index (χ0v) is 14.4. The number of halogens is 1. The van der Waals surface area contributed by atoms with E-state index in [1.54, 1.807) is 30.4 Å². The summed E-state index contributed by atoms with van der Waals surface area (Å²) in [6.45, 7) is 0.350. The molecule has 0 saturated carbocycles. The van der Waals surface area contributed by atoms with E-state index in [0.29, 0.717) is 17.5 Å². The molecule has 1 heterocycles. The molecular weight excluding hydrogens is 341 g/mol. The van der Waals surface area contributed by atoms with Crippen molar-refractivity contribution in [3.05, 3.63) is 65.5 Å². The number of hydrogen-bond donors (Lipinski definition) is 0. The van der Waals surface area contributed by atoms with Gasteiger partial charge in [0.25, 0.3) is 0 Å². The standard InChI is InChI=1S/C18H16FN3O2S/c1-24-16-8-4-13(5-9-16)10-20-21-18-22(17(23)12-25-18)11-14-2-6-15(19)7-3-14/h2-10H,11-12H2,1H3/b20-10+,21-18+. The number of methoxy groups -OCH3 is 1. The molecule has 7 heteroatoms. The molecule has 1 fully saturated rings. The quantitative estimate of drug-likeness (QED) is 0.609. The molecular formula is C18H16FN3O2S. The molecule has 1 saturated heterocycles. The number of rotatable bonds is 5. The van der Waals surface area contributed by atoms with Crippen molar-refractivity contribution in [2.24, 2.45) is 10.2 Å². The van der Waals surface area contributed by atoms with Gasteiger partial charge >= 0.3 is 0 Å². The van der Waals surface area contributed by atoms with E-state index in [0.717, 1.165) is 16.9 Å². The molecule has 0 radical (unpaired) electrons. The normalized spacial score (nSPS) is 16.2. The van der Waals surface area contributed by atoms with Crippen molar-refractivity contribution in [3.63, 3.8) is 0 Å². The van der Waals surface area contributed by atoms with Crippen LogP contribution >= 0.6 is 11.8 Å². The predicted octanol–water partition coefficient (Wildman–Crippen LogP) is 3.30. The largest absolute Gasteiger partial charge is 0.497 e. The highest BCUT2D eigenvalue weighted by Gasteiger charge is 2.28. The Kier molecular flexibility index (Phi) is 5.45. The molecule has 1 aliphatic rings. The maximum Gasteiger partial charge on any atom is 0.239 e. The fraction of sp³-hybridized carbons (Fsp3) is 0.167. The Balaban J connectivity index is 1.70. The zero-order chi connectivity index (χ0) is 17.6. The molecule has 128 valence electrons. The lowest BCUT2D eigenvalue weighted by Gasteiger charge is -2.15. The van der Waals surface area contributed by atoms with Crippen LogP contribution in [0.5, 0.6) is 5.75 Å². The SMILES string of the molecule is COc1ccc(/C=N/N=C2/SCC(=O)N2Cc2ccc(F)cc2)cc1. The first-order valence-electron chi connectivity index (χ1n) is 7.58. The van der Waals surface area contributed by atoms with Gasteiger partial charge in [-0.3, -0.25) is 9.69 Å². The summed E-state index contributed by atoms with van der Waals surface area (Å²) in [5.74, 6) is 0.764. The van der Waals surface area contributed by atoms with Crippen LogP contribution in [0.4, 0.5) is 4.39 Å². The van der Waals surface area contributed by atoms with Crippen LogP contribution in [0.15, 0.2) is 58.7 Å². The summed E-state index contributed by atoms with van der Waals surface area (Å²) >= 11 is 1.34. The van der Waals surface area contributed by atoms with E-state index in [2.05, 4.69) is 10.2 Å². The van der Waals surface area contributed by atoms with Crippen LogP contribution in [0.1, 0.15) is 11.1 Å². The van der Waals surface area contributed by atoms with E-state index in [1.165, 1.54) is 23.9 Å². The van der Waals surface area contributed by atoms with Crippen LogP contribution in [0.2, 0.25) is 0 Å². The second kappa shape index (κ2) is 7.94. The van der Waals surface area contributed by atoms with Gasteiger partial charge in [0.15, 0.2) is 5.17 Å². The number of amidine groups is 1. The molecule has 25 heavy (non-hydrogen) atoms. The highest BCUT2D eigenvalue weighted by molar-refractivity contribution is 8.15. The number of carbonyl (C=O) groups is 1. The molecule has 0 spiro atoms. The van der Waals surface area contributed by atoms with Crippen LogP contribution in [-0.2, 0) is 11.3 Å². The molecule has 0 aliphatic carbocycles. The van der Waals surface area contributed by atoms with E-state index >= 15 is 0 Å². The molecule has 1 amide bonds. The van der Waals surface area contributed by atoms with Crippen LogP contribution in [-0.4, -0.2) is 35.1 Å². The molecule has 2 aromatic rings. The summed E-state index contributed by atoms with van der Waals surface area (Å²) in [6, 6.07) is 13.5. The zero-order valence-electron chi connectivity index (χ0n) is 13.6. The van der Waals surface area contributed by atoms with Gasteiger partial charge in [0.05, 0.1) is 25.6 Å². The minimum Gasteiger partial charge on any atom is -0.497 e. The maximum atomic E-state index is 13.0. The van der Waals surface area contributed by atoms with E-state index in [4.69, 9.17) is 4.74 Å². The van der Waals surface area contributed by atoms with Gasteiger partial charge in [0.2, 0.25) is 5.91 Å². The first-order valence-corrected chi connectivity index (χ1v) is 8.57. The fourth-order valence-corrected chi connectivity index (χ4v) is 3.07. The molecule has 5 nitrogen and oxygen atoms in total. The summed E-state index contributed by atoms with van der Waals surface area (Å²) in [5.41, 5.74) is 1.72. The Labute approximate surface area is 149 Å². The van der Waals surface area contributed by atoms with Crippen molar-refractivity contribution in [1.29, 1.82) is 0 Å². The van der Waals surface area contributed by atoms with Gasteiger partial charge in [-0.2, -0.15) is 5.10 Å². The molecule has 2 aromatic carbocycles. The van der Waals surface area contributed by atoms with Crippen molar-refractivity contribution < 1.29 is 13.9 Å². The molecule has 0 unspecified atom stereocenters. The smallest absolute Gasteiger partial charge is 0.239 e. The van der Waals surface area contributed by atoms with Gasteiger partial charge in [-0.25, -0.2) is 4.39 Å². The van der Waals surface area contributed by atoms with Gasteiger partial charge in [-0.05, 0) is 47.5 Å². The monoisotopic (exact) mass is 357 g/mol. The van der Waals surface area contributed by atoms with Crippen molar-refractivity contribution in [2.45, 2.75) is 6.54 Å². The number of hydrogen-bond acceptors (Lipinski definition) is 5. The highest BCUT2D eigenvalue weighted by Crippen LogP contribution is 2.22. The molecule has 3 rings (SSSR count). The topological polar surface area (TPSA) is 54.3 Å². The maximum absolute atomic E-state index is 13.0. The van der Waals surface area contributed by atoms with E-state index in [9.17, 15) is 9.18 Å². The van der Waals surface area contributed by atoms with Crippen molar-refractivity contribution in [2.75, 3.05) is 12.9 Å². The average Bonchev–Trinajstić information content (AvgIpc) is 2.98. The molecule has 0 bridgehead atoms. The number of amides is 1. The summed E-state index contributed by atoms with van der Waals surface area (Å²) in [4.78, 5) is 13.6. The summed E-state index contributed by atoms with van der Waals surface area (Å²) in [5, 5.41) is 8.76. The van der Waals surface area contributed by atoms with Crippen molar-refractivity contribution in [1.82, 2.24) is 4.90 Å². The van der Waals surface area contributed by atoms with E-state index in [1.807, 2.05) is 24.3 Å². The summed E-state index contributed by atoms with van der Waals surface area (Å²) in [7, 11) is 1.61. The third kappa shape index (κ3) is 4.45. The minimum atomic E-state index is -0.302. The first-order chi connectivity index (χ1) is 12.2. The Morgan fingerprint density at radius 1 is 1.20 bits per heavy atom. The van der Waals surface area contributed by atoms with Crippen LogP contribution < -0.4 is 4.74 Å². The van der Waals surface area contributed by atoms with Gasteiger partial charge < -0.3 is 4.74 Å². The van der Waals surface area contributed by atoms with Gasteiger partial charge in [0, 0.05) is 0 Å². The fourth-order valence-electron chi connectivity index (χ4n) is 2.23. The second-order valence-electron chi connectivity index (χ2n) is 5.30. The second-order valence-corrected chi connectivity index (χ2v) is 6.24. The lowest BCUT2D eigenvalue weighted by molar-refractivity contribution is -0.124. The number of ether oxygens (including phenoxy) is 1. The molecule has 0 aromatic heterocycles. The minimum absolute atomic E-state index is 0.0345. The van der Waals surface area contributed by atoms with Crippen molar-refractivity contribution >= 4 is 29.1 Å². The third-order valence-electron chi connectivity index (χ3n) is 3.58. The van der Waals surface area contributed by atoms with Crippen LogP contribution in [0, 0.1) is 5.82 Å². The number of nitrogens with zero attached hydrogens (tertiary/aromatic N) is 3. The Bertz CT molecular complexity index is 804. The Morgan fingerprint density at radius 3 is 2.60 bits per heavy atom. The van der Waals surface area contributed by atoms with Crippen LogP contribution in [0.25, 0.3) is 0 Å². The molecule has 0 N–H and O–H groups in total. The van der Waals surface area contributed by atoms with E-state index < -0.39 is 0 Å². The first kappa shape index (κ1) is 17.2. The van der Waals surface area contributed by atoms with Gasteiger partial charge in [0.1, 0.15) is 11.6 Å². The lowest BCUT2D eigenvalue weighted by Crippen LogP contribution is -2.28. The van der Waals surface area contributed by atoms with Crippen LogP contribution in [0.3, 0.4) is 0 Å². The van der Waals surface area contributed by atoms with Gasteiger partial charge in [-0.1, -0.05) is 23.9 Å². The van der Waals surface area contributed by atoms with E-state index in [-0.39, 0.29) is 11.7 Å². The van der Waals surface area contributed by atoms with Gasteiger partial charge in [-0.15, -0.1) is 5.10 Å². The Hall–Kier alpha value is -2.67. The number of benzene rings is 2. The number of carbonyl (C=O) groups excluding carboxylic acids is 1. The Morgan fingerprint density at radius 2 is 1.92 bits per heavy atom. The average molecular weight is 357 g/mol. The van der Waals surface area contributed by atoms with Crippen molar-refractivity contribution in [3.8, 4) is 5.75 Å². The predicted molar refractivity (Wildman–Crippen MR) is 97.4 cm³/mol. The highest BCUT2D eigenvalue weighted by atomic mass is 32.2. The molecule has 1 aliphatic heterocycles.